The van der Waals surface area contributed by atoms with Crippen molar-refractivity contribution in [1.82, 2.24) is 4.90 Å². The standard InChI is InChI=1S/C88H112O8.C10H14O.C9H16N2.CH4O/c1-81(2,3)65-33-49-25-51-35-66(82(4,5)6)37-53(74(51)90)27-55-39-68(84(10,11)12)41-57(76(55)92)29-59-43-70(86(16,17)18)45-61(78(59)94)31-63-47-72(88(22,23)24)48-64(80(63)96)32-62-46-71(87(19,20)21)44-60(79(62)95)30-58-42-69(85(13,14)15)40-56(77(58)93)28-54-38-67(83(7,8)9)36-52(75(54)91)26-50(34-65)73(49)89;1-10(2,3)8-4-6-9(11)7-5-8;1-2-5-9-10-6-4-8-11(9)7-3-1;1-2/h33-48,89-96H,25-32H2,1-24H3;4-7,11H,1-3H3;1-8H2;2H,1H3. The maximum atomic E-state index is 12.8. The third-order valence-electron chi connectivity index (χ3n) is 24.4. The molecule has 10 N–H and O–H groups in total. The molecule has 0 atom stereocenters. The lowest BCUT2D eigenvalue weighted by atomic mass is 9.79. The summed E-state index contributed by atoms with van der Waals surface area (Å²) in [6.07, 6.45) is 8.08. The lowest BCUT2D eigenvalue weighted by Crippen LogP contribution is -2.34. The highest BCUT2D eigenvalue weighted by molar-refractivity contribution is 5.83. The lowest BCUT2D eigenvalue weighted by molar-refractivity contribution is 0.391. The maximum Gasteiger partial charge on any atom is 0.122 e. The Hall–Kier alpha value is -9.39. The van der Waals surface area contributed by atoms with Gasteiger partial charge in [-0.2, -0.15) is 0 Å². The molecule has 0 aromatic heterocycles. The minimum atomic E-state index is -0.363. The summed E-state index contributed by atoms with van der Waals surface area (Å²) in [7, 11) is 1.00. The van der Waals surface area contributed by atoms with E-state index in [1.54, 1.807) is 12.1 Å². The number of amidine groups is 1. The van der Waals surface area contributed by atoms with Gasteiger partial charge in [-0.1, -0.05) is 303 Å². The van der Waals surface area contributed by atoms with Gasteiger partial charge in [0, 0.05) is 84.5 Å². The normalized spacial score (nSPS) is 14.8. The van der Waals surface area contributed by atoms with Crippen LogP contribution < -0.4 is 0 Å². The highest BCUT2D eigenvalue weighted by Crippen LogP contribution is 2.47. The second-order valence-corrected chi connectivity index (χ2v) is 43.8. The molecule has 1 fully saturated rings. The Morgan fingerprint density at radius 2 is 0.383 bits per heavy atom. The molecule has 12 heteroatoms. The predicted molar refractivity (Wildman–Crippen MR) is 499 cm³/mol. The first kappa shape index (κ1) is 94.5. The van der Waals surface area contributed by atoms with Crippen LogP contribution in [-0.4, -0.2) is 88.5 Å². The molecule has 3 aliphatic rings. The molecule has 16 bridgehead atoms. The van der Waals surface area contributed by atoms with E-state index in [1.165, 1.54) is 56.6 Å². The van der Waals surface area contributed by atoms with E-state index in [4.69, 9.17) is 10.2 Å². The fourth-order valence-electron chi connectivity index (χ4n) is 16.2. The highest BCUT2D eigenvalue weighted by atomic mass is 16.3. The van der Waals surface area contributed by atoms with Crippen molar-refractivity contribution in [3.05, 3.63) is 260 Å². The van der Waals surface area contributed by atoms with E-state index in [9.17, 15) is 40.9 Å². The molecule has 0 amide bonds. The van der Waals surface area contributed by atoms with Crippen LogP contribution in [0.15, 0.2) is 126 Å². The van der Waals surface area contributed by atoms with Crippen LogP contribution in [0.3, 0.4) is 0 Å². The van der Waals surface area contributed by atoms with Crippen LogP contribution in [0, 0.1) is 0 Å². The van der Waals surface area contributed by atoms with E-state index in [-0.39, 0.29) is 146 Å². The number of phenols is 9. The number of nitrogens with zero attached hydrogens (tertiary/aromatic N) is 2. The summed E-state index contributed by atoms with van der Waals surface area (Å²) >= 11 is 0. The van der Waals surface area contributed by atoms with Crippen LogP contribution >= 0.6 is 0 Å². The minimum absolute atomic E-state index is 0.0713. The van der Waals surface area contributed by atoms with E-state index in [0.717, 1.165) is 58.2 Å². The molecule has 9 aromatic carbocycles. The zero-order valence-corrected chi connectivity index (χ0v) is 78.2. The van der Waals surface area contributed by atoms with Crippen LogP contribution in [0.4, 0.5) is 0 Å². The van der Waals surface area contributed by atoms with Gasteiger partial charge in [-0.15, -0.1) is 0 Å². The third-order valence-corrected chi connectivity index (χ3v) is 24.4. The second kappa shape index (κ2) is 36.0. The summed E-state index contributed by atoms with van der Waals surface area (Å²) in [6, 6.07) is 40.0. The smallest absolute Gasteiger partial charge is 0.122 e. The predicted octanol–water partition coefficient (Wildman–Crippen LogP) is 24.7. The quantitative estimate of drug-likeness (QED) is 0.0689. The largest absolute Gasteiger partial charge is 0.508 e. The average Bonchev–Trinajstić information content (AvgIpc) is 0.779. The molecule has 2 aliphatic heterocycles. The Labute approximate surface area is 720 Å². The van der Waals surface area contributed by atoms with Gasteiger partial charge in [0.15, 0.2) is 0 Å². The summed E-state index contributed by atoms with van der Waals surface area (Å²) in [5, 5.41) is 118. The Morgan fingerprint density at radius 1 is 0.217 bits per heavy atom. The van der Waals surface area contributed by atoms with Crippen LogP contribution in [0.5, 0.6) is 51.7 Å². The Bertz CT molecular complexity index is 4180. The van der Waals surface area contributed by atoms with Gasteiger partial charge in [0.2, 0.25) is 0 Å². The van der Waals surface area contributed by atoms with Gasteiger partial charge in [-0.05, 0) is 219 Å². The number of aliphatic hydroxyl groups excluding tert-OH is 1. The zero-order valence-electron chi connectivity index (χ0n) is 78.2. The zero-order chi connectivity index (χ0) is 89.4. The summed E-state index contributed by atoms with van der Waals surface area (Å²) in [4.78, 5) is 7.04. The van der Waals surface area contributed by atoms with E-state index in [0.29, 0.717) is 94.8 Å². The topological polar surface area (TPSA) is 218 Å². The monoisotopic (exact) mass is 1630 g/mol. The van der Waals surface area contributed by atoms with E-state index in [2.05, 4.69) is 197 Å². The SMILES string of the molecule is C1CCC2=NCCCN2CC1.CC(C)(C)c1cc2c(O)c(c1)Cc1cc(C(C)(C)C)cc(c1O)Cc1cc(C(C)(C)C)cc(c1O)Cc1cc(C(C)(C)C)cc(c1O)Cc1cc(C(C)(C)C)cc(c1O)Cc1cc(C(C)(C)C)cc(c1O)Cc1cc(C(C)(C)C)cc(c1O)Cc1cc(C(C)(C)C)cc(c1O)C2.CC(C)(C)c1ccc(O)cc1.CO. The van der Waals surface area contributed by atoms with Crippen molar-refractivity contribution >= 4 is 5.84 Å². The van der Waals surface area contributed by atoms with Gasteiger partial charge < -0.3 is 56.0 Å². The molecule has 0 saturated carbocycles. The fourth-order valence-corrected chi connectivity index (χ4v) is 16.2. The number of fused-ring (bicyclic) bond motifs is 17. The van der Waals surface area contributed by atoms with Crippen molar-refractivity contribution in [3.8, 4) is 51.7 Å². The minimum Gasteiger partial charge on any atom is -0.508 e. The van der Waals surface area contributed by atoms with Crippen molar-refractivity contribution in [1.29, 1.82) is 0 Å². The number of hydrogen-bond acceptors (Lipinski definition) is 12. The molecular formula is C108H146N2O10. The summed E-state index contributed by atoms with van der Waals surface area (Å²) in [5.41, 5.74) is 16.3. The Kier molecular flexibility index (Phi) is 28.3. The van der Waals surface area contributed by atoms with E-state index in [1.807, 2.05) is 109 Å². The molecule has 1 saturated heterocycles. The van der Waals surface area contributed by atoms with E-state index < -0.39 is 0 Å². The second-order valence-electron chi connectivity index (χ2n) is 43.8. The summed E-state index contributed by atoms with van der Waals surface area (Å²) < 4.78 is 0. The van der Waals surface area contributed by atoms with Crippen molar-refractivity contribution < 1.29 is 51.1 Å². The van der Waals surface area contributed by atoms with Crippen molar-refractivity contribution in [2.75, 3.05) is 26.7 Å². The first-order valence-corrected chi connectivity index (χ1v) is 43.7. The van der Waals surface area contributed by atoms with Gasteiger partial charge in [-0.3, -0.25) is 4.99 Å². The van der Waals surface area contributed by atoms with Gasteiger partial charge in [0.25, 0.3) is 0 Å². The lowest BCUT2D eigenvalue weighted by Gasteiger charge is -2.27. The molecule has 648 valence electrons. The van der Waals surface area contributed by atoms with E-state index >= 15 is 0 Å². The average molecular weight is 1630 g/mol. The van der Waals surface area contributed by atoms with Gasteiger partial charge in [-0.25, -0.2) is 0 Å². The third kappa shape index (κ3) is 23.0. The molecular weight excluding hydrogens is 1490 g/mol. The summed E-state index contributed by atoms with van der Waals surface area (Å²) in [6.45, 7) is 61.5. The molecule has 0 unspecified atom stereocenters. The Balaban J connectivity index is 0.000000583. The van der Waals surface area contributed by atoms with Crippen molar-refractivity contribution in [2.24, 2.45) is 4.99 Å². The molecule has 1 aliphatic carbocycles. The molecule has 12 nitrogen and oxygen atoms in total. The number of aliphatic hydroxyl groups is 1. The van der Waals surface area contributed by atoms with Crippen molar-refractivity contribution in [3.63, 3.8) is 0 Å². The number of rotatable bonds is 0. The molecule has 12 rings (SSSR count). The molecule has 120 heavy (non-hydrogen) atoms. The Morgan fingerprint density at radius 3 is 0.550 bits per heavy atom. The number of hydrogen-bond donors (Lipinski definition) is 10. The molecule has 0 radical (unpaired) electrons. The number of phenolic OH excluding ortho intramolecular Hbond substituents is 9. The maximum absolute atomic E-state index is 12.8. The van der Waals surface area contributed by atoms with Crippen LogP contribution in [0.25, 0.3) is 0 Å². The van der Waals surface area contributed by atoms with Crippen molar-refractivity contribution in [2.45, 2.75) is 319 Å². The first-order chi connectivity index (χ1) is 55.3. The van der Waals surface area contributed by atoms with Crippen LogP contribution in [0.1, 0.15) is 358 Å². The van der Waals surface area contributed by atoms with Gasteiger partial charge >= 0.3 is 0 Å². The molecule has 9 aromatic rings. The number of aromatic hydroxyl groups is 9. The molecule has 2 heterocycles. The van der Waals surface area contributed by atoms with Gasteiger partial charge in [0.1, 0.15) is 51.7 Å². The first-order valence-electron chi connectivity index (χ1n) is 43.7. The highest BCUT2D eigenvalue weighted by Gasteiger charge is 2.32. The van der Waals surface area contributed by atoms with Gasteiger partial charge in [0.05, 0.1) is 5.84 Å². The number of benzene rings is 9. The number of aliphatic imine (C=N–C) groups is 1. The summed E-state index contributed by atoms with van der Waals surface area (Å²) in [5.74, 6) is 2.30. The fraction of sp³-hybridized carbons (Fsp3) is 0.491. The van der Waals surface area contributed by atoms with Crippen LogP contribution in [0.2, 0.25) is 0 Å². The van der Waals surface area contributed by atoms with Crippen LogP contribution in [-0.2, 0) is 100 Å². The molecule has 0 spiro atoms.